The lowest BCUT2D eigenvalue weighted by Gasteiger charge is -2.08. The quantitative estimate of drug-likeness (QED) is 0.603. The number of hydrogen-bond donors (Lipinski definition) is 2. The first-order valence-electron chi connectivity index (χ1n) is 4.22. The van der Waals surface area contributed by atoms with Crippen molar-refractivity contribution in [2.45, 2.75) is 25.8 Å². The fourth-order valence-electron chi connectivity index (χ4n) is 0.747. The third kappa shape index (κ3) is 6.49. The Kier molecular flexibility index (Phi) is 7.29. The van der Waals surface area contributed by atoms with Crippen molar-refractivity contribution < 1.29 is 4.79 Å². The Balaban J connectivity index is 3.33. The molecule has 0 rings (SSSR count). The summed E-state index contributed by atoms with van der Waals surface area (Å²) in [5.74, 6) is 1.03. The van der Waals surface area contributed by atoms with Gasteiger partial charge in [-0.1, -0.05) is 6.92 Å². The maximum absolute atomic E-state index is 11.1. The Labute approximate surface area is 78.5 Å². The molecule has 72 valence electrons. The average Bonchev–Trinajstić information content (AvgIpc) is 2.05. The minimum atomic E-state index is 0.0132. The molecule has 0 fully saturated rings. The van der Waals surface area contributed by atoms with E-state index in [4.69, 9.17) is 5.73 Å². The van der Waals surface area contributed by atoms with Crippen LogP contribution in [0.15, 0.2) is 0 Å². The van der Waals surface area contributed by atoms with Gasteiger partial charge in [-0.05, 0) is 12.7 Å². The van der Waals surface area contributed by atoms with E-state index in [2.05, 4.69) is 5.32 Å². The summed E-state index contributed by atoms with van der Waals surface area (Å²) in [5.41, 5.74) is 5.61. The van der Waals surface area contributed by atoms with Gasteiger partial charge in [0.25, 0.3) is 0 Å². The zero-order chi connectivity index (χ0) is 9.40. The van der Waals surface area contributed by atoms with Crippen LogP contribution in [-0.4, -0.2) is 30.5 Å². The summed E-state index contributed by atoms with van der Waals surface area (Å²) in [6.45, 7) is 2.73. The van der Waals surface area contributed by atoms with Crippen LogP contribution in [0.3, 0.4) is 0 Å². The summed E-state index contributed by atoms with van der Waals surface area (Å²) < 4.78 is 0. The fourth-order valence-corrected chi connectivity index (χ4v) is 1.05. The van der Waals surface area contributed by atoms with Crippen molar-refractivity contribution in [3.05, 3.63) is 0 Å². The molecule has 0 aromatic heterocycles. The van der Waals surface area contributed by atoms with Gasteiger partial charge < -0.3 is 11.1 Å². The lowest BCUT2D eigenvalue weighted by atomic mass is 10.1. The molecule has 0 heterocycles. The molecule has 4 heteroatoms. The van der Waals surface area contributed by atoms with Gasteiger partial charge in [0.1, 0.15) is 0 Å². The van der Waals surface area contributed by atoms with Crippen LogP contribution in [0.25, 0.3) is 0 Å². The fraction of sp³-hybridized carbons (Fsp3) is 0.875. The Morgan fingerprint density at radius 1 is 1.67 bits per heavy atom. The zero-order valence-electron chi connectivity index (χ0n) is 7.80. The summed E-state index contributed by atoms with van der Waals surface area (Å²) in [7, 11) is 0. The van der Waals surface area contributed by atoms with Gasteiger partial charge in [-0.15, -0.1) is 0 Å². The van der Waals surface area contributed by atoms with E-state index in [1.807, 2.05) is 13.2 Å². The molecular weight excluding hydrogens is 172 g/mol. The van der Waals surface area contributed by atoms with Crippen LogP contribution in [0.4, 0.5) is 0 Å². The molecule has 1 amide bonds. The molecule has 0 bridgehead atoms. The summed E-state index contributed by atoms with van der Waals surface area (Å²) in [6, 6.07) is 0.0132. The standard InChI is InChI=1S/C8H18N2OS/c1-3-7(9)6-8(11)10-4-5-12-2/h7H,3-6,9H2,1-2H3,(H,10,11). The SMILES string of the molecule is CCC(N)CC(=O)NCCSC. The van der Waals surface area contributed by atoms with E-state index in [9.17, 15) is 4.79 Å². The van der Waals surface area contributed by atoms with Crippen LogP contribution >= 0.6 is 11.8 Å². The highest BCUT2D eigenvalue weighted by Gasteiger charge is 2.05. The summed E-state index contributed by atoms with van der Waals surface area (Å²) in [5, 5.41) is 2.81. The molecular formula is C8H18N2OS. The van der Waals surface area contributed by atoms with Crippen LogP contribution in [0.1, 0.15) is 19.8 Å². The number of carbonyl (C=O) groups excluding carboxylic acids is 1. The van der Waals surface area contributed by atoms with E-state index in [0.717, 1.165) is 18.7 Å². The summed E-state index contributed by atoms with van der Waals surface area (Å²) in [4.78, 5) is 11.1. The lowest BCUT2D eigenvalue weighted by Crippen LogP contribution is -2.32. The zero-order valence-corrected chi connectivity index (χ0v) is 8.62. The predicted molar refractivity (Wildman–Crippen MR) is 54.3 cm³/mol. The Hall–Kier alpha value is -0.220. The van der Waals surface area contributed by atoms with Gasteiger partial charge in [0.05, 0.1) is 0 Å². The van der Waals surface area contributed by atoms with Gasteiger partial charge >= 0.3 is 0 Å². The van der Waals surface area contributed by atoms with Crippen molar-refractivity contribution in [3.8, 4) is 0 Å². The number of thioether (sulfide) groups is 1. The van der Waals surface area contributed by atoms with Gasteiger partial charge in [0, 0.05) is 24.8 Å². The van der Waals surface area contributed by atoms with Crippen molar-refractivity contribution in [2.75, 3.05) is 18.6 Å². The lowest BCUT2D eigenvalue weighted by molar-refractivity contribution is -0.121. The number of carbonyl (C=O) groups is 1. The van der Waals surface area contributed by atoms with Gasteiger partial charge in [0.2, 0.25) is 5.91 Å². The number of hydrogen-bond acceptors (Lipinski definition) is 3. The average molecular weight is 190 g/mol. The number of rotatable bonds is 6. The second-order valence-corrected chi connectivity index (χ2v) is 3.70. The molecule has 3 N–H and O–H groups in total. The van der Waals surface area contributed by atoms with Crippen LogP contribution in [0.5, 0.6) is 0 Å². The molecule has 0 saturated carbocycles. The molecule has 3 nitrogen and oxygen atoms in total. The molecule has 0 aromatic carbocycles. The molecule has 0 aliphatic rings. The minimum absolute atomic E-state index is 0.0132. The van der Waals surface area contributed by atoms with Crippen molar-refractivity contribution >= 4 is 17.7 Å². The molecule has 0 aromatic rings. The van der Waals surface area contributed by atoms with Crippen molar-refractivity contribution in [2.24, 2.45) is 5.73 Å². The summed E-state index contributed by atoms with van der Waals surface area (Å²) in [6.07, 6.45) is 3.32. The Morgan fingerprint density at radius 3 is 2.83 bits per heavy atom. The van der Waals surface area contributed by atoms with E-state index in [1.54, 1.807) is 11.8 Å². The van der Waals surface area contributed by atoms with E-state index in [-0.39, 0.29) is 11.9 Å². The van der Waals surface area contributed by atoms with Crippen LogP contribution in [-0.2, 0) is 4.79 Å². The summed E-state index contributed by atoms with van der Waals surface area (Å²) >= 11 is 1.72. The highest BCUT2D eigenvalue weighted by molar-refractivity contribution is 7.98. The van der Waals surface area contributed by atoms with Gasteiger partial charge in [-0.3, -0.25) is 4.79 Å². The highest BCUT2D eigenvalue weighted by atomic mass is 32.2. The van der Waals surface area contributed by atoms with Gasteiger partial charge in [-0.25, -0.2) is 0 Å². The number of amides is 1. The van der Waals surface area contributed by atoms with E-state index >= 15 is 0 Å². The van der Waals surface area contributed by atoms with Crippen molar-refractivity contribution in [3.63, 3.8) is 0 Å². The molecule has 1 atom stereocenters. The first-order valence-corrected chi connectivity index (χ1v) is 5.61. The smallest absolute Gasteiger partial charge is 0.221 e. The van der Waals surface area contributed by atoms with E-state index < -0.39 is 0 Å². The van der Waals surface area contributed by atoms with Crippen molar-refractivity contribution in [1.29, 1.82) is 0 Å². The van der Waals surface area contributed by atoms with Gasteiger partial charge in [0.15, 0.2) is 0 Å². The second-order valence-electron chi connectivity index (χ2n) is 2.72. The van der Waals surface area contributed by atoms with E-state index in [1.165, 1.54) is 0 Å². The maximum Gasteiger partial charge on any atom is 0.221 e. The number of nitrogens with two attached hydrogens (primary N) is 1. The largest absolute Gasteiger partial charge is 0.355 e. The molecule has 0 aliphatic heterocycles. The van der Waals surface area contributed by atoms with Crippen LogP contribution in [0, 0.1) is 0 Å². The highest BCUT2D eigenvalue weighted by Crippen LogP contribution is 1.93. The van der Waals surface area contributed by atoms with Gasteiger partial charge in [-0.2, -0.15) is 11.8 Å². The molecule has 12 heavy (non-hydrogen) atoms. The monoisotopic (exact) mass is 190 g/mol. The first-order chi connectivity index (χ1) is 5.70. The third-order valence-corrected chi connectivity index (χ3v) is 2.21. The Morgan fingerprint density at radius 2 is 2.33 bits per heavy atom. The Bertz CT molecular complexity index is 130. The molecule has 0 spiro atoms. The van der Waals surface area contributed by atoms with Crippen LogP contribution in [0.2, 0.25) is 0 Å². The second kappa shape index (κ2) is 7.43. The molecule has 0 radical (unpaired) electrons. The van der Waals surface area contributed by atoms with E-state index in [0.29, 0.717) is 6.42 Å². The molecule has 0 saturated heterocycles. The normalized spacial score (nSPS) is 12.6. The maximum atomic E-state index is 11.1. The molecule has 0 aliphatic carbocycles. The minimum Gasteiger partial charge on any atom is -0.355 e. The first kappa shape index (κ1) is 11.8. The topological polar surface area (TPSA) is 55.1 Å². The third-order valence-electron chi connectivity index (χ3n) is 1.60. The predicted octanol–water partition coefficient (Wildman–Crippen LogP) is 0.593. The van der Waals surface area contributed by atoms with Crippen molar-refractivity contribution in [1.82, 2.24) is 5.32 Å². The molecule has 1 unspecified atom stereocenters. The number of nitrogens with one attached hydrogen (secondary N) is 1. The van der Waals surface area contributed by atoms with Crippen LogP contribution < -0.4 is 11.1 Å².